The molecule has 3 atom stereocenters. The normalized spacial score (nSPS) is 16.0. The third-order valence-electron chi connectivity index (χ3n) is 20.5. The number of nitrogen functional groups attached to an aromatic ring is 3. The van der Waals surface area contributed by atoms with Crippen LogP contribution in [0.1, 0.15) is 139 Å². The molecule has 0 bridgehead atoms. The predicted molar refractivity (Wildman–Crippen MR) is 428 cm³/mol. The van der Waals surface area contributed by atoms with E-state index in [0.717, 1.165) is 111 Å². The number of likely N-dealkylation sites (tertiary alicyclic amines) is 4. The number of likely N-dealkylation sites (N-methyl/N-ethyl adjacent to an activating group) is 1. The van der Waals surface area contributed by atoms with Crippen LogP contribution < -0.4 is 31.4 Å². The molecular weight excluding hydrogens is 1550 g/mol. The van der Waals surface area contributed by atoms with E-state index >= 15 is 0 Å². The van der Waals surface area contributed by atoms with Crippen LogP contribution >= 0.6 is 69.6 Å². The summed E-state index contributed by atoms with van der Waals surface area (Å²) in [5, 5.41) is 14.4. The standard InChI is InChI=1S/C27H31Cl2FN6O2.C27H33Cl2FN6O2.C24H27Cl2FN6O2/c1-17(25-21(28)4-5-22(30)26(25)29)38-23-12-18(13-32-27(23)31)19-14-33-36(15-19)20-6-10-35(11-7-20)24(37)16-34-8-2-3-9-34;1-4-34(5-2)16-24(37)35-10-8-20(9-11-35)36-15-19(14-33-36)18-12-23(27(31)32-13-18)38-17(3)25-21(28)6-7-22(30)26(25)29;1-14(21-18(25)4-5-19(27)22(21)26)35-20-10-15(11-29-23(20)28)16-12-30-33(13-16)17-6-8-32(9-7-17)24(34)31(2)3/h4-5,12-15,17,20H,2-3,6-11,16H2,1H3,(H2,31,32);6-7,12-15,17,20H,4-5,8-11,16H2,1-3H3,(H2,31,32);4-5,10-14,17H,6-9H2,1-3H3,(H2,28,29). The van der Waals surface area contributed by atoms with Crippen molar-refractivity contribution in [3.8, 4) is 50.6 Å². The Bertz CT molecular complexity index is 4550. The second-order valence-corrected chi connectivity index (χ2v) is 30.4. The molecule has 4 aliphatic heterocycles. The number of amides is 4. The van der Waals surface area contributed by atoms with Gasteiger partial charge >= 0.3 is 6.03 Å². The van der Waals surface area contributed by atoms with Gasteiger partial charge in [0.25, 0.3) is 0 Å². The maximum absolute atomic E-state index is 14.0. The number of rotatable bonds is 21. The molecule has 6 aromatic heterocycles. The number of nitrogens with two attached hydrogens (primary N) is 3. The smallest absolute Gasteiger partial charge is 0.319 e. The third-order valence-corrected chi connectivity index (χ3v) is 22.6. The van der Waals surface area contributed by atoms with Gasteiger partial charge in [0.2, 0.25) is 11.8 Å². The molecule has 9 aromatic rings. The maximum atomic E-state index is 14.0. The van der Waals surface area contributed by atoms with Gasteiger partial charge in [-0.1, -0.05) is 83.5 Å². The Morgan fingerprint density at radius 1 is 0.468 bits per heavy atom. The lowest BCUT2D eigenvalue weighted by Gasteiger charge is -2.33. The van der Waals surface area contributed by atoms with Crippen molar-refractivity contribution in [2.75, 3.05) is 110 Å². The van der Waals surface area contributed by atoms with E-state index in [1.54, 1.807) is 95.1 Å². The molecule has 0 saturated carbocycles. The summed E-state index contributed by atoms with van der Waals surface area (Å²) in [6.45, 7) is 18.3. The SMILES string of the molecule is CC(Oc1cc(-c2cnn(C3CCN(C(=O)CN4CCCC4)CC3)c2)cnc1N)c1c(Cl)ccc(F)c1Cl.CC(Oc1cc(-c2cnn(C3CCN(C(=O)N(C)C)CC3)c2)cnc1N)c1c(Cl)ccc(F)c1Cl.CCN(CC)CC(=O)N1CCC(n2cc(-c3cnc(N)c(OC(C)c4c(Cl)ccc(F)c4Cl)c3)cn2)CC1. The first-order valence-electron chi connectivity index (χ1n) is 36.9. The lowest BCUT2D eigenvalue weighted by Crippen LogP contribution is -2.44. The van der Waals surface area contributed by atoms with Gasteiger partial charge in [0, 0.05) is 156 Å². The highest BCUT2D eigenvalue weighted by molar-refractivity contribution is 6.37. The molecule has 0 spiro atoms. The van der Waals surface area contributed by atoms with Crippen LogP contribution in [0.25, 0.3) is 33.4 Å². The number of halogens is 9. The van der Waals surface area contributed by atoms with Gasteiger partial charge in [-0.15, -0.1) is 0 Å². The first-order valence-corrected chi connectivity index (χ1v) is 39.2. The molecule has 24 nitrogen and oxygen atoms in total. The van der Waals surface area contributed by atoms with E-state index in [4.69, 9.17) is 101 Å². The van der Waals surface area contributed by atoms with E-state index in [1.807, 2.05) is 47.3 Å². The van der Waals surface area contributed by atoms with E-state index in [-0.39, 0.29) is 68.5 Å². The van der Waals surface area contributed by atoms with Gasteiger partial charge in [-0.2, -0.15) is 15.3 Å². The fourth-order valence-electron chi connectivity index (χ4n) is 14.0. The summed E-state index contributed by atoms with van der Waals surface area (Å²) in [7, 11) is 3.52. The van der Waals surface area contributed by atoms with Crippen LogP contribution in [0.2, 0.25) is 30.1 Å². The number of benzene rings is 3. The minimum absolute atomic E-state index is 0.0279. The van der Waals surface area contributed by atoms with Crippen LogP contribution in [0, 0.1) is 17.5 Å². The van der Waals surface area contributed by atoms with Crippen molar-refractivity contribution in [2.45, 2.75) is 122 Å². The minimum atomic E-state index is -0.664. The summed E-state index contributed by atoms with van der Waals surface area (Å²) in [6, 6.07) is 13.9. The van der Waals surface area contributed by atoms with E-state index in [2.05, 4.69) is 53.9 Å². The largest absolute Gasteiger partial charge is 0.482 e. The fraction of sp³-hybridized carbons (Fsp3) is 0.423. The Morgan fingerprint density at radius 3 is 1.10 bits per heavy atom. The van der Waals surface area contributed by atoms with Crippen molar-refractivity contribution in [2.24, 2.45) is 0 Å². The number of hydrogen-bond donors (Lipinski definition) is 3. The number of aromatic nitrogens is 9. The number of ether oxygens (including phenoxy) is 3. The predicted octanol–water partition coefficient (Wildman–Crippen LogP) is 16.4. The van der Waals surface area contributed by atoms with Gasteiger partial charge in [0.1, 0.15) is 35.8 Å². The molecule has 3 aromatic carbocycles. The first kappa shape index (κ1) is 83.1. The minimum Gasteiger partial charge on any atom is -0.482 e. The van der Waals surface area contributed by atoms with Gasteiger partial charge in [0.15, 0.2) is 34.7 Å². The van der Waals surface area contributed by atoms with E-state index in [1.165, 1.54) is 49.2 Å². The van der Waals surface area contributed by atoms with Crippen LogP contribution in [-0.4, -0.2) is 184 Å². The highest BCUT2D eigenvalue weighted by Crippen LogP contribution is 2.42. The molecule has 13 rings (SSSR count). The number of pyridine rings is 3. The summed E-state index contributed by atoms with van der Waals surface area (Å²) in [4.78, 5) is 62.1. The van der Waals surface area contributed by atoms with Crippen LogP contribution in [0.4, 0.5) is 35.4 Å². The Morgan fingerprint density at radius 2 is 0.784 bits per heavy atom. The van der Waals surface area contributed by atoms with Gasteiger partial charge in [0.05, 0.1) is 64.9 Å². The quantitative estimate of drug-likeness (QED) is 0.0564. The van der Waals surface area contributed by atoms with Crippen molar-refractivity contribution in [1.29, 1.82) is 0 Å². The zero-order valence-electron chi connectivity index (χ0n) is 62.8. The number of nitrogens with zero attached hydrogens (tertiary/aromatic N) is 15. The first-order chi connectivity index (χ1) is 53.2. The lowest BCUT2D eigenvalue weighted by atomic mass is 10.0. The maximum Gasteiger partial charge on any atom is 0.319 e. The molecule has 0 radical (unpaired) electrons. The second-order valence-electron chi connectivity index (χ2n) is 28.1. The molecule has 0 aliphatic carbocycles. The lowest BCUT2D eigenvalue weighted by molar-refractivity contribution is -0.134. The van der Waals surface area contributed by atoms with Crippen molar-refractivity contribution in [3.63, 3.8) is 0 Å². The molecule has 4 fully saturated rings. The molecule has 33 heteroatoms. The Balaban J connectivity index is 0.000000165. The number of anilines is 3. The van der Waals surface area contributed by atoms with Crippen molar-refractivity contribution in [1.82, 2.24) is 73.7 Å². The Labute approximate surface area is 673 Å². The average molecular weight is 1650 g/mol. The van der Waals surface area contributed by atoms with Crippen LogP contribution in [-0.2, 0) is 9.59 Å². The van der Waals surface area contributed by atoms with Crippen molar-refractivity contribution < 1.29 is 41.8 Å². The van der Waals surface area contributed by atoms with Crippen LogP contribution in [0.15, 0.2) is 110 Å². The molecule has 592 valence electrons. The Kier molecular flexibility index (Phi) is 28.2. The van der Waals surface area contributed by atoms with Crippen molar-refractivity contribution >= 4 is 105 Å². The van der Waals surface area contributed by atoms with Crippen LogP contribution in [0.3, 0.4) is 0 Å². The monoisotopic (exact) mass is 1640 g/mol. The Hall–Kier alpha value is -8.80. The topological polar surface area (TPSA) is 269 Å². The molecule has 6 N–H and O–H groups in total. The summed E-state index contributed by atoms with van der Waals surface area (Å²) in [6.07, 6.45) is 21.6. The highest BCUT2D eigenvalue weighted by Gasteiger charge is 2.31. The molecule has 4 amide bonds. The summed E-state index contributed by atoms with van der Waals surface area (Å²) < 4.78 is 65.9. The summed E-state index contributed by atoms with van der Waals surface area (Å²) in [5.41, 5.74) is 24.1. The van der Waals surface area contributed by atoms with Crippen LogP contribution in [0.5, 0.6) is 17.2 Å². The fourth-order valence-corrected chi connectivity index (χ4v) is 16.0. The third kappa shape index (κ3) is 20.4. The number of piperidine rings is 3. The van der Waals surface area contributed by atoms with Gasteiger partial charge in [-0.3, -0.25) is 33.4 Å². The number of carbonyl (C=O) groups is 3. The number of carbonyl (C=O) groups excluding carboxylic acids is 3. The second kappa shape index (κ2) is 37.7. The molecule has 111 heavy (non-hydrogen) atoms. The van der Waals surface area contributed by atoms with Gasteiger partial charge < -0.3 is 51.0 Å². The summed E-state index contributed by atoms with van der Waals surface area (Å²) in [5.74, 6) is 0.258. The molecule has 4 saturated heterocycles. The van der Waals surface area contributed by atoms with Gasteiger partial charge in [-0.05, 0) is 153 Å². The molecule has 10 heterocycles. The number of urea groups is 1. The zero-order valence-corrected chi connectivity index (χ0v) is 67.3. The van der Waals surface area contributed by atoms with Crippen molar-refractivity contribution in [3.05, 3.63) is 175 Å². The van der Waals surface area contributed by atoms with E-state index < -0.39 is 35.8 Å². The zero-order chi connectivity index (χ0) is 79.5. The summed E-state index contributed by atoms with van der Waals surface area (Å²) >= 11 is 37.2. The number of hydrogen-bond acceptors (Lipinski definition) is 17. The highest BCUT2D eigenvalue weighted by atomic mass is 35.5. The molecular formula is C78H91Cl6F3N18O6. The average Bonchev–Trinajstić information content (AvgIpc) is 1.80. The molecule has 3 unspecified atom stereocenters. The van der Waals surface area contributed by atoms with E-state index in [0.29, 0.717) is 88.3 Å². The van der Waals surface area contributed by atoms with Gasteiger partial charge in [-0.25, -0.2) is 32.9 Å². The van der Waals surface area contributed by atoms with E-state index in [9.17, 15) is 27.6 Å². The molecule has 4 aliphatic rings.